The van der Waals surface area contributed by atoms with Crippen LogP contribution >= 0.6 is 0 Å². The number of benzene rings is 4. The Balaban J connectivity index is 1.27. The molecule has 0 bridgehead atoms. The first-order valence-electron chi connectivity index (χ1n) is 11.5. The van der Waals surface area contributed by atoms with Gasteiger partial charge in [0, 0.05) is 11.9 Å². The van der Waals surface area contributed by atoms with Crippen molar-refractivity contribution in [2.24, 2.45) is 0 Å². The molecule has 5 rings (SSSR count). The molecule has 0 aliphatic carbocycles. The molecule has 4 nitrogen and oxygen atoms in total. The van der Waals surface area contributed by atoms with Gasteiger partial charge in [-0.2, -0.15) is 0 Å². The average molecular weight is 437 g/mol. The number of aryl methyl sites for hydroxylation is 2. The molecular formula is C29H28N2O2. The molecule has 0 aliphatic heterocycles. The Hall–Kier alpha value is -3.79. The van der Waals surface area contributed by atoms with Crippen LogP contribution in [0.3, 0.4) is 0 Å². The molecule has 4 aromatic carbocycles. The minimum absolute atomic E-state index is 0.433. The topological polar surface area (TPSA) is 36.3 Å². The molecule has 0 atom stereocenters. The maximum atomic E-state index is 6.26. The fourth-order valence-electron chi connectivity index (χ4n) is 4.22. The molecule has 5 aromatic rings. The highest BCUT2D eigenvalue weighted by molar-refractivity contribution is 5.88. The van der Waals surface area contributed by atoms with Gasteiger partial charge in [0.2, 0.25) is 0 Å². The van der Waals surface area contributed by atoms with Crippen molar-refractivity contribution in [3.63, 3.8) is 0 Å². The van der Waals surface area contributed by atoms with Crippen molar-refractivity contribution in [3.8, 4) is 11.5 Å². The molecule has 1 aromatic heterocycles. The second kappa shape index (κ2) is 9.78. The van der Waals surface area contributed by atoms with E-state index in [0.717, 1.165) is 53.1 Å². The van der Waals surface area contributed by atoms with Crippen molar-refractivity contribution in [2.45, 2.75) is 32.9 Å². The molecule has 0 fully saturated rings. The van der Waals surface area contributed by atoms with E-state index in [9.17, 15) is 0 Å². The predicted octanol–water partition coefficient (Wildman–Crippen LogP) is 6.94. The van der Waals surface area contributed by atoms with Crippen molar-refractivity contribution in [2.75, 3.05) is 6.61 Å². The van der Waals surface area contributed by atoms with Crippen LogP contribution in [-0.2, 0) is 13.2 Å². The zero-order valence-electron chi connectivity index (χ0n) is 18.9. The minimum Gasteiger partial charge on any atom is -0.494 e. The zero-order valence-corrected chi connectivity index (χ0v) is 18.9. The molecule has 1 heterocycles. The second-order valence-electron chi connectivity index (χ2n) is 8.31. The van der Waals surface area contributed by atoms with Gasteiger partial charge < -0.3 is 14.0 Å². The lowest BCUT2D eigenvalue weighted by atomic mass is 10.1. The lowest BCUT2D eigenvalue weighted by molar-refractivity contribution is 0.287. The predicted molar refractivity (Wildman–Crippen MR) is 134 cm³/mol. The number of fused-ring (bicyclic) bond motifs is 2. The summed E-state index contributed by atoms with van der Waals surface area (Å²) in [5, 5.41) is 2.30. The van der Waals surface area contributed by atoms with E-state index < -0.39 is 0 Å². The number of imidazole rings is 1. The van der Waals surface area contributed by atoms with Crippen LogP contribution in [0, 0.1) is 6.92 Å². The molecule has 4 heteroatoms. The molecular weight excluding hydrogens is 408 g/mol. The lowest BCUT2D eigenvalue weighted by Crippen LogP contribution is -2.09. The van der Waals surface area contributed by atoms with Crippen molar-refractivity contribution in [3.05, 3.63) is 102 Å². The number of hydrogen-bond donors (Lipinski definition) is 0. The SMILES string of the molecule is Cc1cccc(OCCCCn2c(COc3cccc4ccccc34)nc3ccccc32)c1. The number of nitrogens with zero attached hydrogens (tertiary/aromatic N) is 2. The van der Waals surface area contributed by atoms with Gasteiger partial charge in [-0.3, -0.25) is 0 Å². The minimum atomic E-state index is 0.433. The molecule has 0 unspecified atom stereocenters. The molecule has 0 radical (unpaired) electrons. The maximum Gasteiger partial charge on any atom is 0.147 e. The van der Waals surface area contributed by atoms with Crippen LogP contribution < -0.4 is 9.47 Å². The van der Waals surface area contributed by atoms with Crippen LogP contribution in [0.2, 0.25) is 0 Å². The van der Waals surface area contributed by atoms with Crippen molar-refractivity contribution in [1.82, 2.24) is 9.55 Å². The molecule has 33 heavy (non-hydrogen) atoms. The summed E-state index contributed by atoms with van der Waals surface area (Å²) in [5.74, 6) is 2.77. The maximum absolute atomic E-state index is 6.26. The summed E-state index contributed by atoms with van der Waals surface area (Å²) in [4.78, 5) is 4.87. The Kier molecular flexibility index (Phi) is 6.25. The highest BCUT2D eigenvalue weighted by atomic mass is 16.5. The number of ether oxygens (including phenoxy) is 2. The highest BCUT2D eigenvalue weighted by Gasteiger charge is 2.12. The number of aromatic nitrogens is 2. The van der Waals surface area contributed by atoms with Crippen LogP contribution in [0.15, 0.2) is 91.0 Å². The summed E-state index contributed by atoms with van der Waals surface area (Å²) >= 11 is 0. The molecule has 0 spiro atoms. The second-order valence-corrected chi connectivity index (χ2v) is 8.31. The number of rotatable bonds is 9. The smallest absolute Gasteiger partial charge is 0.147 e. The van der Waals surface area contributed by atoms with Crippen LogP contribution in [0.5, 0.6) is 11.5 Å². The van der Waals surface area contributed by atoms with Crippen molar-refractivity contribution >= 4 is 21.8 Å². The Morgan fingerprint density at radius 3 is 2.55 bits per heavy atom. The van der Waals surface area contributed by atoms with E-state index in [1.807, 2.05) is 42.5 Å². The van der Waals surface area contributed by atoms with Crippen LogP contribution in [0.25, 0.3) is 21.8 Å². The largest absolute Gasteiger partial charge is 0.494 e. The van der Waals surface area contributed by atoms with Crippen molar-refractivity contribution < 1.29 is 9.47 Å². The van der Waals surface area contributed by atoms with Crippen LogP contribution in [0.1, 0.15) is 24.2 Å². The summed E-state index contributed by atoms with van der Waals surface area (Å²) in [6, 6.07) is 31.0. The number of hydrogen-bond acceptors (Lipinski definition) is 3. The van der Waals surface area contributed by atoms with Crippen molar-refractivity contribution in [1.29, 1.82) is 0 Å². The van der Waals surface area contributed by atoms with E-state index >= 15 is 0 Å². The summed E-state index contributed by atoms with van der Waals surface area (Å²) in [5.41, 5.74) is 3.37. The quantitative estimate of drug-likeness (QED) is 0.235. The molecule has 0 N–H and O–H groups in total. The lowest BCUT2D eigenvalue weighted by Gasteiger charge is -2.12. The molecule has 166 valence electrons. The number of para-hydroxylation sites is 2. The first-order chi connectivity index (χ1) is 16.3. The molecule has 0 aliphatic rings. The Morgan fingerprint density at radius 2 is 1.61 bits per heavy atom. The Labute approximate surface area is 194 Å². The summed E-state index contributed by atoms with van der Waals surface area (Å²) in [7, 11) is 0. The van der Waals surface area contributed by atoms with Gasteiger partial charge in [0.05, 0.1) is 17.6 Å². The zero-order chi connectivity index (χ0) is 22.5. The third-order valence-corrected chi connectivity index (χ3v) is 5.87. The van der Waals surface area contributed by atoms with Gasteiger partial charge >= 0.3 is 0 Å². The summed E-state index contributed by atoms with van der Waals surface area (Å²) in [6.45, 7) is 4.10. The third kappa shape index (κ3) is 4.85. The highest BCUT2D eigenvalue weighted by Crippen LogP contribution is 2.26. The van der Waals surface area contributed by atoms with Gasteiger partial charge in [0.15, 0.2) is 0 Å². The van der Waals surface area contributed by atoms with Crippen LogP contribution in [-0.4, -0.2) is 16.2 Å². The fraction of sp³-hybridized carbons (Fsp3) is 0.207. The standard InChI is InChI=1S/C29H28N2O2/c1-22-10-8-13-24(20-22)32-19-7-6-18-31-27-16-5-4-15-26(27)30-29(31)21-33-28-17-9-12-23-11-2-3-14-25(23)28/h2-5,8-17,20H,6-7,18-19,21H2,1H3. The van der Waals surface area contributed by atoms with Gasteiger partial charge in [-0.25, -0.2) is 4.98 Å². The van der Waals surface area contributed by atoms with Gasteiger partial charge in [0.25, 0.3) is 0 Å². The molecule has 0 saturated heterocycles. The first kappa shape index (κ1) is 21.1. The van der Waals surface area contributed by atoms with Gasteiger partial charge in [-0.05, 0) is 61.0 Å². The third-order valence-electron chi connectivity index (χ3n) is 5.87. The Morgan fingerprint density at radius 1 is 0.788 bits per heavy atom. The normalized spacial score (nSPS) is 11.2. The van der Waals surface area contributed by atoms with Gasteiger partial charge in [-0.1, -0.05) is 60.7 Å². The fourth-order valence-corrected chi connectivity index (χ4v) is 4.22. The van der Waals surface area contributed by atoms with E-state index in [2.05, 4.69) is 60.0 Å². The van der Waals surface area contributed by atoms with Gasteiger partial charge in [0.1, 0.15) is 23.9 Å². The van der Waals surface area contributed by atoms with E-state index in [1.54, 1.807) is 0 Å². The number of unbranched alkanes of at least 4 members (excludes halogenated alkanes) is 1. The first-order valence-corrected chi connectivity index (χ1v) is 11.5. The summed E-state index contributed by atoms with van der Waals surface area (Å²) < 4.78 is 14.5. The summed E-state index contributed by atoms with van der Waals surface area (Å²) in [6.07, 6.45) is 1.98. The molecule has 0 amide bonds. The monoisotopic (exact) mass is 436 g/mol. The average Bonchev–Trinajstić information content (AvgIpc) is 3.20. The van der Waals surface area contributed by atoms with Crippen LogP contribution in [0.4, 0.5) is 0 Å². The van der Waals surface area contributed by atoms with E-state index in [1.165, 1.54) is 10.9 Å². The van der Waals surface area contributed by atoms with E-state index in [4.69, 9.17) is 14.5 Å². The van der Waals surface area contributed by atoms with E-state index in [-0.39, 0.29) is 0 Å². The van der Waals surface area contributed by atoms with Gasteiger partial charge in [-0.15, -0.1) is 0 Å². The van der Waals surface area contributed by atoms with E-state index in [0.29, 0.717) is 13.2 Å². The Bertz CT molecular complexity index is 1370. The molecule has 0 saturated carbocycles.